The van der Waals surface area contributed by atoms with Gasteiger partial charge in [0.25, 0.3) is 5.88 Å². The lowest BCUT2D eigenvalue weighted by Crippen LogP contribution is -2.65. The van der Waals surface area contributed by atoms with Crippen molar-refractivity contribution in [3.8, 4) is 17.4 Å². The summed E-state index contributed by atoms with van der Waals surface area (Å²) in [6.45, 7) is 9.65. The molecule has 4 fully saturated rings. The minimum atomic E-state index is -2.73. The van der Waals surface area contributed by atoms with Gasteiger partial charge in [-0.3, -0.25) is 9.88 Å². The standard InChI is InChI=1S/C34H40F3N7O2/c1-22-30-27(7-13-43(22)12-3-11-42-9-2-10-42)38-8-6-29(30)45-25-17-33(18-25)19-44(20-33)31-32(41-40-21-39-31)46-28-5-4-24(35)14-26(28)23-15-34(36,37)16-23/h4-6,8,14,21-23,25H,2-3,7,9-13,15-20H2,1H3. The first-order valence-corrected chi connectivity index (χ1v) is 16.6. The quantitative estimate of drug-likeness (QED) is 0.276. The number of benzene rings is 1. The number of nitrogens with zero attached hydrogens (tertiary/aromatic N) is 7. The number of fused-ring (bicyclic) bond motifs is 1. The fourth-order valence-corrected chi connectivity index (χ4v) is 8.08. The molecule has 3 aromatic rings. The summed E-state index contributed by atoms with van der Waals surface area (Å²) in [5.74, 6) is -1.68. The molecule has 5 heterocycles. The Morgan fingerprint density at radius 3 is 2.57 bits per heavy atom. The number of hydrogen-bond acceptors (Lipinski definition) is 9. The van der Waals surface area contributed by atoms with E-state index in [2.05, 4.69) is 36.8 Å². The first-order chi connectivity index (χ1) is 22.2. The molecule has 1 unspecified atom stereocenters. The molecule has 1 spiro atoms. The lowest BCUT2D eigenvalue weighted by molar-refractivity contribution is -0.0870. The summed E-state index contributed by atoms with van der Waals surface area (Å²) >= 11 is 0. The minimum absolute atomic E-state index is 0.132. The van der Waals surface area contributed by atoms with Crippen LogP contribution in [0.25, 0.3) is 0 Å². The zero-order chi connectivity index (χ0) is 31.5. The van der Waals surface area contributed by atoms with E-state index in [1.165, 1.54) is 62.6 Å². The van der Waals surface area contributed by atoms with Gasteiger partial charge in [0.1, 0.15) is 29.7 Å². The lowest BCUT2D eigenvalue weighted by Gasteiger charge is -2.58. The normalized spacial score (nSPS) is 24.0. The molecule has 2 aromatic heterocycles. The Kier molecular flexibility index (Phi) is 7.55. The van der Waals surface area contributed by atoms with Crippen molar-refractivity contribution in [2.45, 2.75) is 75.9 Å². The van der Waals surface area contributed by atoms with Gasteiger partial charge in [0, 0.05) is 67.7 Å². The zero-order valence-corrected chi connectivity index (χ0v) is 26.2. The van der Waals surface area contributed by atoms with Crippen molar-refractivity contribution in [1.82, 2.24) is 30.0 Å². The van der Waals surface area contributed by atoms with Gasteiger partial charge in [-0.2, -0.15) is 0 Å². The van der Waals surface area contributed by atoms with E-state index in [9.17, 15) is 13.2 Å². The molecule has 12 heteroatoms. The molecule has 1 aromatic carbocycles. The predicted octanol–water partition coefficient (Wildman–Crippen LogP) is 5.77. The van der Waals surface area contributed by atoms with E-state index in [0.717, 1.165) is 56.9 Å². The molecule has 1 atom stereocenters. The number of ether oxygens (including phenoxy) is 2. The van der Waals surface area contributed by atoms with Crippen molar-refractivity contribution >= 4 is 5.82 Å². The number of rotatable bonds is 10. The van der Waals surface area contributed by atoms with Gasteiger partial charge in [-0.15, -0.1) is 10.2 Å². The van der Waals surface area contributed by atoms with Crippen molar-refractivity contribution < 1.29 is 22.6 Å². The topological polar surface area (TPSA) is 79.7 Å². The number of alkyl halides is 2. The van der Waals surface area contributed by atoms with Gasteiger partial charge in [0.2, 0.25) is 5.92 Å². The third-order valence-corrected chi connectivity index (χ3v) is 10.7. The van der Waals surface area contributed by atoms with E-state index in [0.29, 0.717) is 17.1 Å². The van der Waals surface area contributed by atoms with Crippen LogP contribution >= 0.6 is 0 Å². The summed E-state index contributed by atoms with van der Waals surface area (Å²) in [6, 6.07) is 6.32. The van der Waals surface area contributed by atoms with Crippen LogP contribution in [0.4, 0.5) is 19.0 Å². The van der Waals surface area contributed by atoms with Crippen molar-refractivity contribution in [1.29, 1.82) is 0 Å². The van der Waals surface area contributed by atoms with Gasteiger partial charge in [-0.1, -0.05) is 0 Å². The number of aromatic nitrogens is 4. The fraction of sp³-hybridized carbons (Fsp3) is 0.588. The molecule has 2 saturated heterocycles. The van der Waals surface area contributed by atoms with E-state index in [1.807, 2.05) is 12.3 Å². The minimum Gasteiger partial charge on any atom is -0.490 e. The summed E-state index contributed by atoms with van der Waals surface area (Å²) < 4.78 is 54.0. The Bertz CT molecular complexity index is 1580. The molecule has 9 nitrogen and oxygen atoms in total. The summed E-state index contributed by atoms with van der Waals surface area (Å²) in [5, 5.41) is 8.07. The molecular formula is C34H40F3N7O2. The molecule has 3 aliphatic heterocycles. The van der Waals surface area contributed by atoms with Gasteiger partial charge in [-0.25, -0.2) is 18.2 Å². The number of halogens is 3. The zero-order valence-electron chi connectivity index (χ0n) is 26.2. The number of anilines is 1. The van der Waals surface area contributed by atoms with Crippen LogP contribution in [0.15, 0.2) is 36.8 Å². The molecule has 2 aliphatic carbocycles. The van der Waals surface area contributed by atoms with Gasteiger partial charge in [0.15, 0.2) is 5.82 Å². The molecule has 244 valence electrons. The van der Waals surface area contributed by atoms with Crippen LogP contribution in [-0.4, -0.2) is 87.8 Å². The van der Waals surface area contributed by atoms with Crippen molar-refractivity contribution in [2.24, 2.45) is 5.41 Å². The Morgan fingerprint density at radius 2 is 1.80 bits per heavy atom. The van der Waals surface area contributed by atoms with Crippen LogP contribution in [0.5, 0.6) is 17.4 Å². The van der Waals surface area contributed by atoms with Crippen molar-refractivity contribution in [3.63, 3.8) is 0 Å². The fourth-order valence-electron chi connectivity index (χ4n) is 8.08. The Labute approximate surface area is 267 Å². The van der Waals surface area contributed by atoms with E-state index < -0.39 is 17.7 Å². The average Bonchev–Trinajstić information content (AvgIpc) is 2.96. The Balaban J connectivity index is 0.887. The van der Waals surface area contributed by atoms with Crippen LogP contribution in [-0.2, 0) is 6.42 Å². The summed E-state index contributed by atoms with van der Waals surface area (Å²) in [4.78, 5) is 16.4. The van der Waals surface area contributed by atoms with Crippen molar-refractivity contribution in [2.75, 3.05) is 50.7 Å². The summed E-state index contributed by atoms with van der Waals surface area (Å²) in [6.07, 6.45) is 8.12. The van der Waals surface area contributed by atoms with E-state index in [1.54, 1.807) is 0 Å². The van der Waals surface area contributed by atoms with Gasteiger partial charge >= 0.3 is 0 Å². The molecular weight excluding hydrogens is 595 g/mol. The summed E-state index contributed by atoms with van der Waals surface area (Å²) in [5.41, 5.74) is 2.96. The summed E-state index contributed by atoms with van der Waals surface area (Å²) in [7, 11) is 0. The molecule has 2 saturated carbocycles. The molecule has 0 bridgehead atoms. The highest BCUT2D eigenvalue weighted by Crippen LogP contribution is 2.53. The molecule has 5 aliphatic rings. The predicted molar refractivity (Wildman–Crippen MR) is 165 cm³/mol. The average molecular weight is 636 g/mol. The van der Waals surface area contributed by atoms with Crippen LogP contribution < -0.4 is 14.4 Å². The molecule has 8 rings (SSSR count). The van der Waals surface area contributed by atoms with Crippen molar-refractivity contribution in [3.05, 3.63) is 59.4 Å². The van der Waals surface area contributed by atoms with Gasteiger partial charge in [-0.05, 0) is 89.0 Å². The molecule has 46 heavy (non-hydrogen) atoms. The van der Waals surface area contributed by atoms with Crippen LogP contribution in [0.1, 0.15) is 74.2 Å². The number of likely N-dealkylation sites (tertiary alicyclic amines) is 1. The lowest BCUT2D eigenvalue weighted by atomic mass is 9.61. The molecule has 0 radical (unpaired) electrons. The Morgan fingerprint density at radius 1 is 0.978 bits per heavy atom. The monoisotopic (exact) mass is 635 g/mol. The third kappa shape index (κ3) is 5.67. The molecule has 0 N–H and O–H groups in total. The first kappa shape index (κ1) is 29.9. The highest BCUT2D eigenvalue weighted by Gasteiger charge is 2.55. The highest BCUT2D eigenvalue weighted by atomic mass is 19.3. The second-order valence-electron chi connectivity index (χ2n) is 14.0. The smallest absolute Gasteiger partial charge is 0.282 e. The molecule has 0 amide bonds. The third-order valence-electron chi connectivity index (χ3n) is 10.7. The van der Waals surface area contributed by atoms with Crippen LogP contribution in [0.3, 0.4) is 0 Å². The number of hydrogen-bond donors (Lipinski definition) is 0. The SMILES string of the molecule is CC1c2c(OC3CC4(C3)CN(c3ncnnc3Oc3ccc(F)cc3C3CC(F)(F)C3)C4)ccnc2CCN1CCCN1CCC1. The van der Waals surface area contributed by atoms with Crippen LogP contribution in [0.2, 0.25) is 0 Å². The maximum Gasteiger partial charge on any atom is 0.282 e. The van der Waals surface area contributed by atoms with Gasteiger partial charge in [0.05, 0.1) is 5.69 Å². The Hall–Kier alpha value is -3.51. The van der Waals surface area contributed by atoms with Crippen LogP contribution in [0, 0.1) is 11.2 Å². The van der Waals surface area contributed by atoms with E-state index >= 15 is 0 Å². The number of pyridine rings is 1. The maximum absolute atomic E-state index is 14.1. The highest BCUT2D eigenvalue weighted by molar-refractivity contribution is 5.53. The van der Waals surface area contributed by atoms with E-state index in [4.69, 9.17) is 14.5 Å². The van der Waals surface area contributed by atoms with Gasteiger partial charge < -0.3 is 19.3 Å². The second kappa shape index (κ2) is 11.6. The maximum atomic E-state index is 14.1. The first-order valence-electron chi connectivity index (χ1n) is 16.6. The van der Waals surface area contributed by atoms with E-state index in [-0.39, 0.29) is 36.3 Å². The second-order valence-corrected chi connectivity index (χ2v) is 14.0. The largest absolute Gasteiger partial charge is 0.490 e.